The summed E-state index contributed by atoms with van der Waals surface area (Å²) in [5.41, 5.74) is 3.49. The van der Waals surface area contributed by atoms with E-state index in [1.165, 1.54) is 0 Å². The molecule has 3 heterocycles. The first kappa shape index (κ1) is 16.9. The van der Waals surface area contributed by atoms with Gasteiger partial charge >= 0.3 is 0 Å². The molecule has 0 bridgehead atoms. The van der Waals surface area contributed by atoms with Crippen LogP contribution in [-0.4, -0.2) is 34.2 Å². The van der Waals surface area contributed by atoms with E-state index in [2.05, 4.69) is 9.55 Å². The molecule has 1 aliphatic rings. The Balaban J connectivity index is 1.76. The fourth-order valence-electron chi connectivity index (χ4n) is 3.51. The number of fused-ring (bicyclic) bond motifs is 1. The summed E-state index contributed by atoms with van der Waals surface area (Å²) < 4.78 is 13.2. The van der Waals surface area contributed by atoms with E-state index >= 15 is 0 Å². The SMILES string of the molecule is CCc1c(-c2ccc3c(ccn3CC3OCCO3)c2)[nH]c(=O)c(C)c1O. The Bertz CT molecular complexity index is 1010. The third-order valence-corrected chi connectivity index (χ3v) is 4.97. The summed E-state index contributed by atoms with van der Waals surface area (Å²) in [6.45, 7) is 5.52. The maximum absolute atomic E-state index is 12.1. The number of aromatic amines is 1. The number of hydrogen-bond donors (Lipinski definition) is 2. The van der Waals surface area contributed by atoms with Crippen molar-refractivity contribution in [1.82, 2.24) is 9.55 Å². The average molecular weight is 354 g/mol. The van der Waals surface area contributed by atoms with Crippen molar-refractivity contribution in [3.8, 4) is 17.0 Å². The summed E-state index contributed by atoms with van der Waals surface area (Å²) in [4.78, 5) is 15.0. The van der Waals surface area contributed by atoms with Crippen LogP contribution in [-0.2, 0) is 22.4 Å². The van der Waals surface area contributed by atoms with Gasteiger partial charge in [-0.1, -0.05) is 13.0 Å². The van der Waals surface area contributed by atoms with Crippen LogP contribution >= 0.6 is 0 Å². The lowest BCUT2D eigenvalue weighted by atomic mass is 10.00. The molecule has 6 heteroatoms. The highest BCUT2D eigenvalue weighted by molar-refractivity contribution is 5.86. The second-order valence-electron chi connectivity index (χ2n) is 6.55. The lowest BCUT2D eigenvalue weighted by Gasteiger charge is -2.13. The van der Waals surface area contributed by atoms with Gasteiger partial charge in [-0.05, 0) is 37.1 Å². The molecule has 2 N–H and O–H groups in total. The monoisotopic (exact) mass is 354 g/mol. The Morgan fingerprint density at radius 1 is 1.27 bits per heavy atom. The van der Waals surface area contributed by atoms with Gasteiger partial charge in [-0.15, -0.1) is 0 Å². The maximum atomic E-state index is 12.1. The van der Waals surface area contributed by atoms with Gasteiger partial charge in [0.25, 0.3) is 5.56 Å². The summed E-state index contributed by atoms with van der Waals surface area (Å²) >= 11 is 0. The molecule has 0 atom stereocenters. The van der Waals surface area contributed by atoms with E-state index in [0.717, 1.165) is 22.0 Å². The zero-order valence-corrected chi connectivity index (χ0v) is 14.9. The molecule has 0 unspecified atom stereocenters. The first-order valence-electron chi connectivity index (χ1n) is 8.85. The van der Waals surface area contributed by atoms with E-state index in [4.69, 9.17) is 9.47 Å². The molecule has 1 aliphatic heterocycles. The summed E-state index contributed by atoms with van der Waals surface area (Å²) in [6, 6.07) is 8.05. The molecule has 136 valence electrons. The van der Waals surface area contributed by atoms with E-state index < -0.39 is 0 Å². The normalized spacial score (nSPS) is 15.2. The molecule has 1 fully saturated rings. The van der Waals surface area contributed by atoms with Crippen LogP contribution in [0.25, 0.3) is 22.2 Å². The number of hydrogen-bond acceptors (Lipinski definition) is 4. The second-order valence-corrected chi connectivity index (χ2v) is 6.55. The number of pyridine rings is 1. The Morgan fingerprint density at radius 3 is 2.77 bits per heavy atom. The molecular weight excluding hydrogens is 332 g/mol. The molecule has 0 spiro atoms. The number of H-pyrrole nitrogens is 1. The van der Waals surface area contributed by atoms with Crippen molar-refractivity contribution in [2.24, 2.45) is 0 Å². The quantitative estimate of drug-likeness (QED) is 0.755. The molecule has 0 aliphatic carbocycles. The van der Waals surface area contributed by atoms with Crippen LogP contribution in [0.5, 0.6) is 5.75 Å². The van der Waals surface area contributed by atoms with Gasteiger partial charge in [0, 0.05) is 22.7 Å². The van der Waals surface area contributed by atoms with Crippen LogP contribution in [0.3, 0.4) is 0 Å². The predicted octanol–water partition coefficient (Wildman–Crippen LogP) is 2.95. The van der Waals surface area contributed by atoms with E-state index in [1.807, 2.05) is 37.4 Å². The molecule has 0 amide bonds. The molecule has 1 aromatic carbocycles. The number of rotatable bonds is 4. The highest BCUT2D eigenvalue weighted by atomic mass is 16.7. The van der Waals surface area contributed by atoms with Gasteiger partial charge in [0.15, 0.2) is 6.29 Å². The van der Waals surface area contributed by atoms with Crippen molar-refractivity contribution >= 4 is 10.9 Å². The minimum Gasteiger partial charge on any atom is -0.507 e. The lowest BCUT2D eigenvalue weighted by Crippen LogP contribution is -2.16. The van der Waals surface area contributed by atoms with Crippen molar-refractivity contribution in [2.75, 3.05) is 13.2 Å². The lowest BCUT2D eigenvalue weighted by molar-refractivity contribution is -0.0517. The van der Waals surface area contributed by atoms with Crippen LogP contribution in [0.2, 0.25) is 0 Å². The zero-order valence-electron chi connectivity index (χ0n) is 14.9. The van der Waals surface area contributed by atoms with Crippen LogP contribution in [0.4, 0.5) is 0 Å². The van der Waals surface area contributed by atoms with Crippen LogP contribution < -0.4 is 5.56 Å². The molecule has 2 aromatic heterocycles. The Hall–Kier alpha value is -2.57. The van der Waals surface area contributed by atoms with Gasteiger partial charge in [-0.3, -0.25) is 4.79 Å². The fourth-order valence-corrected chi connectivity index (χ4v) is 3.51. The molecule has 0 saturated carbocycles. The summed E-state index contributed by atoms with van der Waals surface area (Å²) in [5.74, 6) is 0.0828. The van der Waals surface area contributed by atoms with Crippen LogP contribution in [0.1, 0.15) is 18.1 Å². The standard InChI is InChI=1S/C20H22N2O4/c1-3-15-18(21-20(24)12(2)19(15)23)14-4-5-16-13(10-14)6-7-22(16)11-17-25-8-9-26-17/h4-7,10,17H,3,8-9,11H2,1-2H3,(H2,21,23,24). The van der Waals surface area contributed by atoms with Crippen molar-refractivity contribution < 1.29 is 14.6 Å². The summed E-state index contributed by atoms with van der Waals surface area (Å²) in [7, 11) is 0. The molecule has 26 heavy (non-hydrogen) atoms. The Kier molecular flexibility index (Phi) is 4.30. The van der Waals surface area contributed by atoms with E-state index in [0.29, 0.717) is 37.4 Å². The number of aromatic hydroxyl groups is 1. The van der Waals surface area contributed by atoms with Gasteiger partial charge in [0.1, 0.15) is 5.75 Å². The molecule has 1 saturated heterocycles. The molecule has 4 rings (SSSR count). The fraction of sp³-hybridized carbons (Fsp3) is 0.350. The summed E-state index contributed by atoms with van der Waals surface area (Å²) in [6.07, 6.45) is 2.44. The van der Waals surface area contributed by atoms with E-state index in [-0.39, 0.29) is 17.6 Å². The van der Waals surface area contributed by atoms with Gasteiger partial charge < -0.3 is 24.1 Å². The molecule has 6 nitrogen and oxygen atoms in total. The third kappa shape index (κ3) is 2.81. The topological polar surface area (TPSA) is 76.5 Å². The van der Waals surface area contributed by atoms with Gasteiger partial charge in [-0.25, -0.2) is 0 Å². The van der Waals surface area contributed by atoms with Gasteiger partial charge in [0.2, 0.25) is 0 Å². The minimum absolute atomic E-state index is 0.0828. The number of benzene rings is 1. The highest BCUT2D eigenvalue weighted by Crippen LogP contribution is 2.31. The number of ether oxygens (including phenoxy) is 2. The maximum Gasteiger partial charge on any atom is 0.255 e. The number of aromatic nitrogens is 2. The van der Waals surface area contributed by atoms with Crippen molar-refractivity contribution in [3.05, 3.63) is 51.9 Å². The Morgan fingerprint density at radius 2 is 2.04 bits per heavy atom. The zero-order chi connectivity index (χ0) is 18.3. The smallest absolute Gasteiger partial charge is 0.255 e. The Labute approximate surface area is 151 Å². The van der Waals surface area contributed by atoms with Crippen molar-refractivity contribution in [2.45, 2.75) is 33.1 Å². The molecule has 3 aromatic rings. The van der Waals surface area contributed by atoms with Gasteiger partial charge in [-0.2, -0.15) is 0 Å². The minimum atomic E-state index is -0.261. The van der Waals surface area contributed by atoms with E-state index in [1.54, 1.807) is 6.92 Å². The number of nitrogens with one attached hydrogen (secondary N) is 1. The van der Waals surface area contributed by atoms with Crippen molar-refractivity contribution in [1.29, 1.82) is 0 Å². The summed E-state index contributed by atoms with van der Waals surface area (Å²) in [5, 5.41) is 11.4. The largest absolute Gasteiger partial charge is 0.507 e. The predicted molar refractivity (Wildman–Crippen MR) is 99.5 cm³/mol. The van der Waals surface area contributed by atoms with E-state index in [9.17, 15) is 9.90 Å². The average Bonchev–Trinajstić information content (AvgIpc) is 3.29. The van der Waals surface area contributed by atoms with Gasteiger partial charge in [0.05, 0.1) is 31.0 Å². The van der Waals surface area contributed by atoms with Crippen molar-refractivity contribution in [3.63, 3.8) is 0 Å². The number of nitrogens with zero attached hydrogens (tertiary/aromatic N) is 1. The first-order chi connectivity index (χ1) is 12.6. The van der Waals surface area contributed by atoms with Crippen LogP contribution in [0, 0.1) is 6.92 Å². The highest BCUT2D eigenvalue weighted by Gasteiger charge is 2.18. The second kappa shape index (κ2) is 6.63. The third-order valence-electron chi connectivity index (χ3n) is 4.97. The molecular formula is C20H22N2O4. The first-order valence-corrected chi connectivity index (χ1v) is 8.85. The molecule has 0 radical (unpaired) electrons. The van der Waals surface area contributed by atoms with Crippen LogP contribution in [0.15, 0.2) is 35.3 Å².